The third kappa shape index (κ3) is 8.21. The fourth-order valence-corrected chi connectivity index (χ4v) is 3.52. The zero-order valence-electron chi connectivity index (χ0n) is 16.0. The van der Waals surface area contributed by atoms with Crippen molar-refractivity contribution < 1.29 is 0 Å². The minimum atomic E-state index is 0. The average molecular weight is 479 g/mol. The van der Waals surface area contributed by atoms with Crippen molar-refractivity contribution in [2.45, 2.75) is 59.5 Å². The van der Waals surface area contributed by atoms with Gasteiger partial charge in [0.1, 0.15) is 0 Å². The van der Waals surface area contributed by atoms with Crippen LogP contribution in [0.1, 0.15) is 50.7 Å². The van der Waals surface area contributed by atoms with E-state index in [9.17, 15) is 0 Å². The molecule has 0 aromatic carbocycles. The SMILES string of the molecule is CCNC(=NCC1CCN(Cc2csc(C)n2)CC1)NC(C)CC.I. The molecule has 144 valence electrons. The van der Waals surface area contributed by atoms with E-state index in [-0.39, 0.29) is 24.0 Å². The number of aromatic nitrogens is 1. The van der Waals surface area contributed by atoms with E-state index in [2.05, 4.69) is 53.6 Å². The molecule has 2 rings (SSSR count). The minimum Gasteiger partial charge on any atom is -0.357 e. The van der Waals surface area contributed by atoms with Crippen molar-refractivity contribution >= 4 is 41.3 Å². The standard InChI is InChI=1S/C18H33N5S.HI/c1-5-14(3)21-18(19-6-2)20-11-16-7-9-23(10-8-16)12-17-13-24-15(4)22-17;/h13-14,16H,5-12H2,1-4H3,(H2,19,20,21);1H. The van der Waals surface area contributed by atoms with Crippen LogP contribution in [0.5, 0.6) is 0 Å². The van der Waals surface area contributed by atoms with E-state index < -0.39 is 0 Å². The maximum absolute atomic E-state index is 4.80. The van der Waals surface area contributed by atoms with Crippen LogP contribution in [0.15, 0.2) is 10.4 Å². The molecule has 1 saturated heterocycles. The van der Waals surface area contributed by atoms with Crippen molar-refractivity contribution in [2.24, 2.45) is 10.9 Å². The summed E-state index contributed by atoms with van der Waals surface area (Å²) in [6.07, 6.45) is 3.57. The molecule has 0 aliphatic carbocycles. The third-order valence-electron chi connectivity index (χ3n) is 4.61. The molecule has 0 bridgehead atoms. The molecule has 0 radical (unpaired) electrons. The fraction of sp³-hybridized carbons (Fsp3) is 0.778. The van der Waals surface area contributed by atoms with E-state index in [1.54, 1.807) is 11.3 Å². The molecule has 5 nitrogen and oxygen atoms in total. The molecule has 2 heterocycles. The van der Waals surface area contributed by atoms with E-state index in [1.165, 1.54) is 23.5 Å². The Labute approximate surface area is 174 Å². The molecule has 0 amide bonds. The van der Waals surface area contributed by atoms with Gasteiger partial charge in [-0.05, 0) is 59.0 Å². The van der Waals surface area contributed by atoms with E-state index in [0.717, 1.165) is 45.1 Å². The van der Waals surface area contributed by atoms with Gasteiger partial charge in [-0.2, -0.15) is 0 Å². The number of aliphatic imine (C=N–C) groups is 1. The Morgan fingerprint density at radius 3 is 2.68 bits per heavy atom. The Hall–Kier alpha value is -0.410. The van der Waals surface area contributed by atoms with Crippen LogP contribution in [0.25, 0.3) is 0 Å². The molecule has 1 aromatic heterocycles. The first-order valence-corrected chi connectivity index (χ1v) is 10.2. The van der Waals surface area contributed by atoms with Crippen LogP contribution in [0.4, 0.5) is 0 Å². The molecule has 2 N–H and O–H groups in total. The first-order chi connectivity index (χ1) is 11.6. The molecule has 1 fully saturated rings. The summed E-state index contributed by atoms with van der Waals surface area (Å²) >= 11 is 1.75. The topological polar surface area (TPSA) is 52.6 Å². The zero-order valence-corrected chi connectivity index (χ0v) is 19.2. The summed E-state index contributed by atoms with van der Waals surface area (Å²) in [5, 5.41) is 10.2. The number of hydrogen-bond donors (Lipinski definition) is 2. The lowest BCUT2D eigenvalue weighted by molar-refractivity contribution is 0.179. The number of nitrogens with one attached hydrogen (secondary N) is 2. The van der Waals surface area contributed by atoms with Crippen LogP contribution in [-0.4, -0.2) is 48.1 Å². The molecule has 0 saturated carbocycles. The number of aryl methyl sites for hydroxylation is 1. The van der Waals surface area contributed by atoms with Crippen LogP contribution in [0.2, 0.25) is 0 Å². The Balaban J connectivity index is 0.00000312. The van der Waals surface area contributed by atoms with Crippen LogP contribution < -0.4 is 10.6 Å². The lowest BCUT2D eigenvalue weighted by Gasteiger charge is -2.30. The molecule has 1 atom stereocenters. The second-order valence-corrected chi connectivity index (χ2v) is 7.81. The summed E-state index contributed by atoms with van der Waals surface area (Å²) < 4.78 is 0. The first kappa shape index (κ1) is 22.6. The highest BCUT2D eigenvalue weighted by Gasteiger charge is 2.19. The summed E-state index contributed by atoms with van der Waals surface area (Å²) in [4.78, 5) is 11.9. The van der Waals surface area contributed by atoms with Gasteiger partial charge in [-0.3, -0.25) is 9.89 Å². The van der Waals surface area contributed by atoms with Gasteiger partial charge in [-0.1, -0.05) is 6.92 Å². The van der Waals surface area contributed by atoms with Crippen LogP contribution in [0.3, 0.4) is 0 Å². The van der Waals surface area contributed by atoms with Crippen LogP contribution in [0, 0.1) is 12.8 Å². The first-order valence-electron chi connectivity index (χ1n) is 9.28. The molecule has 1 aliphatic heterocycles. The molecular formula is C18H34IN5S. The molecule has 1 aromatic rings. The predicted octanol–water partition coefficient (Wildman–Crippen LogP) is 3.64. The van der Waals surface area contributed by atoms with Gasteiger partial charge in [0.25, 0.3) is 0 Å². The number of nitrogens with zero attached hydrogens (tertiary/aromatic N) is 3. The molecule has 1 unspecified atom stereocenters. The normalized spacial score (nSPS) is 17.8. The van der Waals surface area contributed by atoms with E-state index in [0.29, 0.717) is 12.0 Å². The van der Waals surface area contributed by atoms with Crippen LogP contribution in [-0.2, 0) is 6.54 Å². The van der Waals surface area contributed by atoms with Crippen molar-refractivity contribution in [1.29, 1.82) is 0 Å². The Bertz CT molecular complexity index is 511. The highest BCUT2D eigenvalue weighted by Crippen LogP contribution is 2.20. The summed E-state index contributed by atoms with van der Waals surface area (Å²) in [5.74, 6) is 1.66. The average Bonchev–Trinajstić information content (AvgIpc) is 2.99. The second-order valence-electron chi connectivity index (χ2n) is 6.75. The van der Waals surface area contributed by atoms with Gasteiger partial charge in [-0.25, -0.2) is 4.98 Å². The molecule has 1 aliphatic rings. The van der Waals surface area contributed by atoms with Crippen LogP contribution >= 0.6 is 35.3 Å². The highest BCUT2D eigenvalue weighted by molar-refractivity contribution is 14.0. The van der Waals surface area contributed by atoms with Gasteiger partial charge in [0.05, 0.1) is 10.7 Å². The fourth-order valence-electron chi connectivity index (χ4n) is 2.91. The number of halogens is 1. The van der Waals surface area contributed by atoms with Gasteiger partial charge in [0, 0.05) is 31.1 Å². The van der Waals surface area contributed by atoms with Gasteiger partial charge < -0.3 is 10.6 Å². The number of hydrogen-bond acceptors (Lipinski definition) is 4. The van der Waals surface area contributed by atoms with Crippen molar-refractivity contribution in [3.63, 3.8) is 0 Å². The van der Waals surface area contributed by atoms with E-state index >= 15 is 0 Å². The highest BCUT2D eigenvalue weighted by atomic mass is 127. The Morgan fingerprint density at radius 2 is 2.12 bits per heavy atom. The number of likely N-dealkylation sites (tertiary alicyclic amines) is 1. The molecule has 0 spiro atoms. The summed E-state index contributed by atoms with van der Waals surface area (Å²) in [5.41, 5.74) is 1.22. The number of piperidine rings is 1. The number of guanidine groups is 1. The summed E-state index contributed by atoms with van der Waals surface area (Å²) in [6, 6.07) is 0.464. The molecule has 25 heavy (non-hydrogen) atoms. The van der Waals surface area contributed by atoms with Gasteiger partial charge >= 0.3 is 0 Å². The quantitative estimate of drug-likeness (QED) is 0.356. The minimum absolute atomic E-state index is 0. The molecular weight excluding hydrogens is 445 g/mol. The summed E-state index contributed by atoms with van der Waals surface area (Å²) in [6.45, 7) is 13.7. The third-order valence-corrected chi connectivity index (χ3v) is 5.43. The summed E-state index contributed by atoms with van der Waals surface area (Å²) in [7, 11) is 0. The van der Waals surface area contributed by atoms with Crippen molar-refractivity contribution in [3.8, 4) is 0 Å². The van der Waals surface area contributed by atoms with Gasteiger partial charge in [0.15, 0.2) is 5.96 Å². The van der Waals surface area contributed by atoms with Gasteiger partial charge in [-0.15, -0.1) is 35.3 Å². The zero-order chi connectivity index (χ0) is 17.4. The Kier molecular flexibility index (Phi) is 10.9. The number of rotatable bonds is 7. The van der Waals surface area contributed by atoms with Crippen molar-refractivity contribution in [2.75, 3.05) is 26.2 Å². The number of thiazole rings is 1. The monoisotopic (exact) mass is 479 g/mol. The van der Waals surface area contributed by atoms with Crippen molar-refractivity contribution in [3.05, 3.63) is 16.1 Å². The van der Waals surface area contributed by atoms with Crippen molar-refractivity contribution in [1.82, 2.24) is 20.5 Å². The predicted molar refractivity (Wildman–Crippen MR) is 119 cm³/mol. The second kappa shape index (κ2) is 12.1. The largest absolute Gasteiger partial charge is 0.357 e. The smallest absolute Gasteiger partial charge is 0.191 e. The maximum atomic E-state index is 4.80. The molecule has 7 heteroatoms. The van der Waals surface area contributed by atoms with E-state index in [4.69, 9.17) is 4.99 Å². The lowest BCUT2D eigenvalue weighted by Crippen LogP contribution is -2.42. The Morgan fingerprint density at radius 1 is 1.40 bits per heavy atom. The van der Waals surface area contributed by atoms with Gasteiger partial charge in [0.2, 0.25) is 0 Å². The maximum Gasteiger partial charge on any atom is 0.191 e. The lowest BCUT2D eigenvalue weighted by atomic mass is 9.97. The van der Waals surface area contributed by atoms with E-state index in [1.807, 2.05) is 0 Å².